The number of morpholine rings is 1. The lowest BCUT2D eigenvalue weighted by Gasteiger charge is -2.33. The number of benzene rings is 2. The number of para-hydroxylation sites is 1. The fraction of sp³-hybridized carbons (Fsp3) is 0.350. The third-order valence-corrected chi connectivity index (χ3v) is 4.71. The Morgan fingerprint density at radius 2 is 1.92 bits per heavy atom. The minimum atomic E-state index is -0.234. The lowest BCUT2D eigenvalue weighted by atomic mass is 10.1. The molecule has 1 aliphatic rings. The van der Waals surface area contributed by atoms with Crippen LogP contribution >= 0.6 is 11.6 Å². The second kappa shape index (κ2) is 9.57. The quantitative estimate of drug-likeness (QED) is 0.754. The van der Waals surface area contributed by atoms with Gasteiger partial charge < -0.3 is 15.4 Å². The van der Waals surface area contributed by atoms with Crippen molar-refractivity contribution in [3.05, 3.63) is 65.2 Å². The Hall–Kier alpha value is -2.08. The number of anilines is 1. The smallest absolute Gasteiger partial charge is 0.319 e. The van der Waals surface area contributed by atoms with Gasteiger partial charge in [0.05, 0.1) is 23.4 Å². The molecule has 6 heteroatoms. The largest absolute Gasteiger partial charge is 0.371 e. The van der Waals surface area contributed by atoms with E-state index in [9.17, 15) is 4.79 Å². The predicted octanol–water partition coefficient (Wildman–Crippen LogP) is 3.93. The van der Waals surface area contributed by atoms with Crippen LogP contribution in [0.5, 0.6) is 0 Å². The van der Waals surface area contributed by atoms with Crippen LogP contribution in [0.1, 0.15) is 18.1 Å². The van der Waals surface area contributed by atoms with Gasteiger partial charge in [0.25, 0.3) is 0 Å². The molecule has 0 aliphatic carbocycles. The van der Waals surface area contributed by atoms with E-state index in [0.717, 1.165) is 32.7 Å². The van der Waals surface area contributed by atoms with Crippen molar-refractivity contribution in [3.63, 3.8) is 0 Å². The molecule has 1 atom stereocenters. The fourth-order valence-corrected chi connectivity index (χ4v) is 3.19. The van der Waals surface area contributed by atoms with Gasteiger partial charge in [-0.3, -0.25) is 4.90 Å². The number of urea groups is 1. The van der Waals surface area contributed by atoms with Gasteiger partial charge in [-0.1, -0.05) is 54.1 Å². The van der Waals surface area contributed by atoms with Gasteiger partial charge >= 0.3 is 6.03 Å². The molecule has 2 amide bonds. The molecule has 0 aromatic heterocycles. The second-order valence-corrected chi connectivity index (χ2v) is 6.69. The molecule has 3 rings (SSSR count). The molecule has 1 saturated heterocycles. The summed E-state index contributed by atoms with van der Waals surface area (Å²) in [5.41, 5.74) is 1.83. The van der Waals surface area contributed by atoms with Crippen LogP contribution in [-0.2, 0) is 4.74 Å². The van der Waals surface area contributed by atoms with E-state index in [0.29, 0.717) is 17.3 Å². The summed E-state index contributed by atoms with van der Waals surface area (Å²) < 4.78 is 5.88. The standard InChI is InChI=1S/C20H24ClN3O2/c21-17-9-4-5-10-18(17)23-20(25)22-11-6-12-24-13-14-26-19(15-24)16-7-2-1-3-8-16/h1-5,7-10,19H,6,11-15H2,(H2,22,23,25). The minimum Gasteiger partial charge on any atom is -0.371 e. The van der Waals surface area contributed by atoms with Gasteiger partial charge in [-0.05, 0) is 24.1 Å². The van der Waals surface area contributed by atoms with Crippen molar-refractivity contribution in [2.45, 2.75) is 12.5 Å². The van der Waals surface area contributed by atoms with Gasteiger partial charge in [0.1, 0.15) is 0 Å². The van der Waals surface area contributed by atoms with Crippen LogP contribution in [0.3, 0.4) is 0 Å². The monoisotopic (exact) mass is 373 g/mol. The highest BCUT2D eigenvalue weighted by atomic mass is 35.5. The summed E-state index contributed by atoms with van der Waals surface area (Å²) in [5.74, 6) is 0. The fourth-order valence-electron chi connectivity index (χ4n) is 3.01. The van der Waals surface area contributed by atoms with E-state index in [1.807, 2.05) is 30.3 Å². The molecule has 0 saturated carbocycles. The topological polar surface area (TPSA) is 53.6 Å². The van der Waals surface area contributed by atoms with Crippen molar-refractivity contribution in [1.82, 2.24) is 10.2 Å². The molecule has 2 N–H and O–H groups in total. The van der Waals surface area contributed by atoms with Crippen molar-refractivity contribution in [3.8, 4) is 0 Å². The molecule has 2 aromatic carbocycles. The van der Waals surface area contributed by atoms with Crippen LogP contribution in [0, 0.1) is 0 Å². The highest BCUT2D eigenvalue weighted by Gasteiger charge is 2.21. The highest BCUT2D eigenvalue weighted by molar-refractivity contribution is 6.33. The van der Waals surface area contributed by atoms with Gasteiger partial charge in [0, 0.05) is 26.2 Å². The van der Waals surface area contributed by atoms with Crippen LogP contribution in [-0.4, -0.2) is 43.7 Å². The molecule has 0 radical (unpaired) electrons. The number of hydrogen-bond donors (Lipinski definition) is 2. The average Bonchev–Trinajstić information content (AvgIpc) is 2.68. The van der Waals surface area contributed by atoms with Crippen molar-refractivity contribution in [2.24, 2.45) is 0 Å². The molecule has 26 heavy (non-hydrogen) atoms. The number of hydrogen-bond acceptors (Lipinski definition) is 3. The number of rotatable bonds is 6. The van der Waals surface area contributed by atoms with E-state index in [1.54, 1.807) is 12.1 Å². The number of nitrogens with one attached hydrogen (secondary N) is 2. The maximum atomic E-state index is 11.9. The van der Waals surface area contributed by atoms with Crippen molar-refractivity contribution in [1.29, 1.82) is 0 Å². The van der Waals surface area contributed by atoms with Crippen LogP contribution < -0.4 is 10.6 Å². The SMILES string of the molecule is O=C(NCCCN1CCOC(c2ccccc2)C1)Nc1ccccc1Cl. The Kier molecular flexibility index (Phi) is 6.89. The first-order valence-corrected chi connectivity index (χ1v) is 9.28. The van der Waals surface area contributed by atoms with Gasteiger partial charge in [-0.15, -0.1) is 0 Å². The van der Waals surface area contributed by atoms with Gasteiger partial charge in [-0.2, -0.15) is 0 Å². The molecule has 2 aromatic rings. The number of nitrogens with zero attached hydrogens (tertiary/aromatic N) is 1. The van der Waals surface area contributed by atoms with Crippen LogP contribution in [0.2, 0.25) is 5.02 Å². The minimum absolute atomic E-state index is 0.126. The number of carbonyl (C=O) groups excluding carboxylic acids is 1. The summed E-state index contributed by atoms with van der Waals surface area (Å²) >= 11 is 6.03. The number of carbonyl (C=O) groups is 1. The van der Waals surface area contributed by atoms with Crippen LogP contribution in [0.25, 0.3) is 0 Å². The number of amides is 2. The first kappa shape index (κ1) is 18.7. The third kappa shape index (κ3) is 5.46. The Balaban J connectivity index is 1.37. The first-order chi connectivity index (χ1) is 12.7. The summed E-state index contributed by atoms with van der Waals surface area (Å²) in [5, 5.41) is 6.17. The lowest BCUT2D eigenvalue weighted by molar-refractivity contribution is -0.0301. The van der Waals surface area contributed by atoms with E-state index >= 15 is 0 Å². The molecule has 138 valence electrons. The Bertz CT molecular complexity index is 711. The molecule has 1 aliphatic heterocycles. The Labute approximate surface area is 159 Å². The molecule has 1 unspecified atom stereocenters. The number of ether oxygens (including phenoxy) is 1. The molecular weight excluding hydrogens is 350 g/mol. The summed E-state index contributed by atoms with van der Waals surface area (Å²) in [6.07, 6.45) is 1.01. The van der Waals surface area contributed by atoms with E-state index in [4.69, 9.17) is 16.3 Å². The average molecular weight is 374 g/mol. The normalized spacial score (nSPS) is 17.7. The van der Waals surface area contributed by atoms with E-state index in [2.05, 4.69) is 27.7 Å². The zero-order valence-electron chi connectivity index (χ0n) is 14.7. The molecule has 5 nitrogen and oxygen atoms in total. The Morgan fingerprint density at radius 3 is 2.73 bits per heavy atom. The van der Waals surface area contributed by atoms with E-state index in [1.165, 1.54) is 5.56 Å². The van der Waals surface area contributed by atoms with Gasteiger partial charge in [0.2, 0.25) is 0 Å². The van der Waals surface area contributed by atoms with E-state index < -0.39 is 0 Å². The second-order valence-electron chi connectivity index (χ2n) is 6.29. The van der Waals surface area contributed by atoms with Gasteiger partial charge in [0.15, 0.2) is 0 Å². The number of halogens is 1. The summed E-state index contributed by atoms with van der Waals surface area (Å²) in [7, 11) is 0. The molecule has 1 fully saturated rings. The van der Waals surface area contributed by atoms with Gasteiger partial charge in [-0.25, -0.2) is 4.79 Å². The summed E-state index contributed by atoms with van der Waals surface area (Å²) in [4.78, 5) is 14.3. The van der Waals surface area contributed by atoms with Crippen molar-refractivity contribution >= 4 is 23.3 Å². The summed E-state index contributed by atoms with van der Waals surface area (Å²) in [6, 6.07) is 17.3. The first-order valence-electron chi connectivity index (χ1n) is 8.90. The lowest BCUT2D eigenvalue weighted by Crippen LogP contribution is -2.40. The third-order valence-electron chi connectivity index (χ3n) is 4.38. The Morgan fingerprint density at radius 1 is 1.15 bits per heavy atom. The molecule has 1 heterocycles. The van der Waals surface area contributed by atoms with Crippen molar-refractivity contribution in [2.75, 3.05) is 38.1 Å². The maximum absolute atomic E-state index is 11.9. The van der Waals surface area contributed by atoms with Crippen LogP contribution in [0.4, 0.5) is 10.5 Å². The highest BCUT2D eigenvalue weighted by Crippen LogP contribution is 2.22. The summed E-state index contributed by atoms with van der Waals surface area (Å²) in [6.45, 7) is 4.09. The zero-order chi connectivity index (χ0) is 18.2. The van der Waals surface area contributed by atoms with E-state index in [-0.39, 0.29) is 12.1 Å². The maximum Gasteiger partial charge on any atom is 0.319 e. The molecular formula is C20H24ClN3O2. The molecule has 0 bridgehead atoms. The predicted molar refractivity (Wildman–Crippen MR) is 105 cm³/mol. The van der Waals surface area contributed by atoms with Crippen molar-refractivity contribution < 1.29 is 9.53 Å². The molecule has 0 spiro atoms. The van der Waals surface area contributed by atoms with Crippen LogP contribution in [0.15, 0.2) is 54.6 Å². The zero-order valence-corrected chi connectivity index (χ0v) is 15.4.